The average molecular weight is 392 g/mol. The molecule has 1 amide bonds. The topological polar surface area (TPSA) is 70.5 Å². The molecule has 136 valence electrons. The maximum Gasteiger partial charge on any atom is 0.259 e. The number of hydrogen-bond donors (Lipinski definition) is 1. The molecule has 0 radical (unpaired) electrons. The van der Waals surface area contributed by atoms with Crippen LogP contribution in [0.15, 0.2) is 42.0 Å². The minimum absolute atomic E-state index is 0.109. The number of rotatable bonds is 4. The number of carbonyl (C=O) groups is 1. The molecule has 2 heterocycles. The highest BCUT2D eigenvalue weighted by Gasteiger charge is 2.30. The van der Waals surface area contributed by atoms with Gasteiger partial charge in [-0.15, -0.1) is 0 Å². The first-order chi connectivity index (χ1) is 12.4. The zero-order chi connectivity index (χ0) is 18.7. The average Bonchev–Trinajstić information content (AvgIpc) is 3.00. The van der Waals surface area contributed by atoms with Crippen LogP contribution in [0.5, 0.6) is 0 Å². The number of nitrogens with zero attached hydrogens (tertiary/aromatic N) is 4. The molecule has 2 aromatic rings. The lowest BCUT2D eigenvalue weighted by molar-refractivity contribution is 0.0974. The Labute approximate surface area is 162 Å². The van der Waals surface area contributed by atoms with E-state index in [-0.39, 0.29) is 11.8 Å². The second kappa shape index (κ2) is 8.01. The van der Waals surface area contributed by atoms with E-state index in [1.165, 1.54) is 18.7 Å². The zero-order valence-electron chi connectivity index (χ0n) is 14.5. The molecule has 26 heavy (non-hydrogen) atoms. The van der Waals surface area contributed by atoms with Gasteiger partial charge in [-0.05, 0) is 30.5 Å². The largest absolute Gasteiger partial charge is 0.308 e. The van der Waals surface area contributed by atoms with Crippen LogP contribution < -0.4 is 10.3 Å². The van der Waals surface area contributed by atoms with E-state index in [0.29, 0.717) is 33.9 Å². The smallest absolute Gasteiger partial charge is 0.259 e. The van der Waals surface area contributed by atoms with Gasteiger partial charge in [0, 0.05) is 18.3 Å². The van der Waals surface area contributed by atoms with Crippen LogP contribution in [0.4, 0.5) is 5.69 Å². The lowest BCUT2D eigenvalue weighted by atomic mass is 9.96. The van der Waals surface area contributed by atoms with Crippen LogP contribution in [0.2, 0.25) is 10.0 Å². The molecule has 0 spiro atoms. The van der Waals surface area contributed by atoms with Crippen molar-refractivity contribution >= 4 is 40.6 Å². The van der Waals surface area contributed by atoms with Gasteiger partial charge in [-0.1, -0.05) is 37.0 Å². The van der Waals surface area contributed by atoms with Gasteiger partial charge in [0.2, 0.25) is 0 Å². The monoisotopic (exact) mass is 391 g/mol. The molecule has 1 aliphatic heterocycles. The Kier molecular flexibility index (Phi) is 5.74. The standard InChI is InChI=1S/C18H19Cl2N5O/c1-11(2)5-12-9-25(14-3-4-15(19)16(20)6-14)24-17(12)23-18(26)13-7-21-10-22-8-13/h3-4,6-8,10-12H,5,9H2,1-2H3,(H,23,24,26). The number of anilines is 1. The highest BCUT2D eigenvalue weighted by molar-refractivity contribution is 6.42. The van der Waals surface area contributed by atoms with Crippen LogP contribution in [-0.4, -0.2) is 28.3 Å². The van der Waals surface area contributed by atoms with Crippen molar-refractivity contribution in [2.75, 3.05) is 11.6 Å². The van der Waals surface area contributed by atoms with Crippen molar-refractivity contribution in [3.63, 3.8) is 0 Å². The van der Waals surface area contributed by atoms with Gasteiger partial charge in [-0.3, -0.25) is 9.80 Å². The minimum Gasteiger partial charge on any atom is -0.308 e. The number of benzene rings is 1. The molecular weight excluding hydrogens is 373 g/mol. The van der Waals surface area contributed by atoms with E-state index in [9.17, 15) is 4.79 Å². The maximum absolute atomic E-state index is 12.4. The van der Waals surface area contributed by atoms with Crippen LogP contribution >= 0.6 is 23.2 Å². The number of hydrazone groups is 1. The predicted octanol–water partition coefficient (Wildman–Crippen LogP) is 4.01. The third-order valence-corrected chi connectivity index (χ3v) is 4.77. The molecule has 1 aliphatic rings. The summed E-state index contributed by atoms with van der Waals surface area (Å²) in [6.07, 6.45) is 5.25. The Morgan fingerprint density at radius 2 is 2.00 bits per heavy atom. The summed E-state index contributed by atoms with van der Waals surface area (Å²) in [5.41, 5.74) is 1.23. The van der Waals surface area contributed by atoms with Gasteiger partial charge < -0.3 is 5.32 Å². The lowest BCUT2D eigenvalue weighted by Gasteiger charge is -2.17. The second-order valence-corrected chi connectivity index (χ2v) is 7.39. The third-order valence-electron chi connectivity index (χ3n) is 4.03. The zero-order valence-corrected chi connectivity index (χ0v) is 16.0. The van der Waals surface area contributed by atoms with Gasteiger partial charge in [-0.25, -0.2) is 9.97 Å². The first kappa shape index (κ1) is 18.6. The third kappa shape index (κ3) is 4.31. The Morgan fingerprint density at radius 1 is 1.27 bits per heavy atom. The molecule has 1 atom stereocenters. The van der Waals surface area contributed by atoms with Gasteiger partial charge in [0.15, 0.2) is 0 Å². The summed E-state index contributed by atoms with van der Waals surface area (Å²) in [7, 11) is 0. The summed E-state index contributed by atoms with van der Waals surface area (Å²) in [5, 5.41) is 10.3. The summed E-state index contributed by atoms with van der Waals surface area (Å²) in [6.45, 7) is 4.95. The van der Waals surface area contributed by atoms with E-state index in [1.54, 1.807) is 12.1 Å². The predicted molar refractivity (Wildman–Crippen MR) is 104 cm³/mol. The van der Waals surface area contributed by atoms with Gasteiger partial charge >= 0.3 is 0 Å². The van der Waals surface area contributed by atoms with Crippen molar-refractivity contribution < 1.29 is 4.79 Å². The molecule has 0 fully saturated rings. The van der Waals surface area contributed by atoms with Gasteiger partial charge in [0.1, 0.15) is 12.2 Å². The SMILES string of the molecule is CC(C)CC1CN(c2ccc(Cl)c(Cl)c2)N=C1NC(=O)c1cncnc1. The number of carbonyl (C=O) groups excluding carboxylic acids is 1. The number of hydrogen-bond acceptors (Lipinski definition) is 5. The molecule has 0 saturated carbocycles. The van der Waals surface area contributed by atoms with E-state index in [1.807, 2.05) is 11.1 Å². The molecule has 0 saturated heterocycles. The molecule has 1 unspecified atom stereocenters. The molecule has 3 rings (SSSR count). The van der Waals surface area contributed by atoms with Crippen LogP contribution in [0.1, 0.15) is 30.6 Å². The van der Waals surface area contributed by atoms with Crippen LogP contribution in [0.3, 0.4) is 0 Å². The summed E-state index contributed by atoms with van der Waals surface area (Å²) in [5.74, 6) is 0.946. The molecule has 1 aromatic carbocycles. The van der Waals surface area contributed by atoms with Crippen molar-refractivity contribution in [3.05, 3.63) is 52.5 Å². The number of nitrogens with one attached hydrogen (secondary N) is 1. The highest BCUT2D eigenvalue weighted by Crippen LogP contribution is 2.31. The van der Waals surface area contributed by atoms with Gasteiger partial charge in [0.05, 0.1) is 27.8 Å². The summed E-state index contributed by atoms with van der Waals surface area (Å²) in [6, 6.07) is 5.37. The Morgan fingerprint density at radius 3 is 2.65 bits per heavy atom. The number of amides is 1. The van der Waals surface area contributed by atoms with Crippen molar-refractivity contribution in [3.8, 4) is 0 Å². The maximum atomic E-state index is 12.4. The Balaban J connectivity index is 1.83. The fourth-order valence-corrected chi connectivity index (χ4v) is 3.14. The van der Waals surface area contributed by atoms with Crippen molar-refractivity contribution in [1.82, 2.24) is 15.3 Å². The van der Waals surface area contributed by atoms with Crippen LogP contribution in [0.25, 0.3) is 0 Å². The molecule has 6 nitrogen and oxygen atoms in total. The Bertz CT molecular complexity index is 826. The van der Waals surface area contributed by atoms with Gasteiger partial charge in [-0.2, -0.15) is 5.10 Å². The normalized spacial score (nSPS) is 16.7. The fraction of sp³-hybridized carbons (Fsp3) is 0.333. The van der Waals surface area contributed by atoms with E-state index in [2.05, 4.69) is 34.2 Å². The quantitative estimate of drug-likeness (QED) is 0.854. The number of aromatic nitrogens is 2. The molecular formula is C18H19Cl2N5O. The van der Waals surface area contributed by atoms with E-state index < -0.39 is 0 Å². The summed E-state index contributed by atoms with van der Waals surface area (Å²) < 4.78 is 0. The van der Waals surface area contributed by atoms with E-state index in [0.717, 1.165) is 12.1 Å². The number of amidine groups is 1. The fourth-order valence-electron chi connectivity index (χ4n) is 2.84. The summed E-state index contributed by atoms with van der Waals surface area (Å²) >= 11 is 12.1. The number of halogens is 2. The minimum atomic E-state index is -0.269. The highest BCUT2D eigenvalue weighted by atomic mass is 35.5. The lowest BCUT2D eigenvalue weighted by Crippen LogP contribution is -2.35. The second-order valence-electron chi connectivity index (χ2n) is 6.57. The van der Waals surface area contributed by atoms with Crippen molar-refractivity contribution in [2.45, 2.75) is 20.3 Å². The van der Waals surface area contributed by atoms with E-state index >= 15 is 0 Å². The van der Waals surface area contributed by atoms with Crippen molar-refractivity contribution in [2.24, 2.45) is 16.9 Å². The first-order valence-corrected chi connectivity index (χ1v) is 9.07. The van der Waals surface area contributed by atoms with Crippen LogP contribution in [0, 0.1) is 11.8 Å². The summed E-state index contributed by atoms with van der Waals surface area (Å²) in [4.78, 5) is 20.2. The first-order valence-electron chi connectivity index (χ1n) is 8.31. The molecule has 1 aromatic heterocycles. The van der Waals surface area contributed by atoms with E-state index in [4.69, 9.17) is 23.2 Å². The molecule has 0 bridgehead atoms. The van der Waals surface area contributed by atoms with Crippen molar-refractivity contribution in [1.29, 1.82) is 0 Å². The molecule has 1 N–H and O–H groups in total. The Hall–Kier alpha value is -2.18. The van der Waals surface area contributed by atoms with Gasteiger partial charge in [0.25, 0.3) is 5.91 Å². The molecule has 0 aliphatic carbocycles. The molecule has 8 heteroatoms. The van der Waals surface area contributed by atoms with Crippen LogP contribution in [-0.2, 0) is 0 Å².